The number of rotatable bonds is 6. The molecular weight excluding hydrogens is 248 g/mol. The van der Waals surface area contributed by atoms with E-state index in [4.69, 9.17) is 9.47 Å². The summed E-state index contributed by atoms with van der Waals surface area (Å²) in [6.07, 6.45) is -0.585. The number of aliphatic hydroxyl groups excluding tert-OH is 1. The van der Waals surface area contributed by atoms with Crippen molar-refractivity contribution in [2.45, 2.75) is 33.0 Å². The van der Waals surface area contributed by atoms with Gasteiger partial charge in [-0.2, -0.15) is 0 Å². The van der Waals surface area contributed by atoms with Crippen LogP contribution in [-0.4, -0.2) is 79.1 Å². The normalized spacial score (nSPS) is 18.7. The maximum Gasteiger partial charge on any atom is 0.409 e. The maximum atomic E-state index is 11.5. The molecule has 0 spiro atoms. The van der Waals surface area contributed by atoms with Crippen molar-refractivity contribution in [2.24, 2.45) is 0 Å². The van der Waals surface area contributed by atoms with Gasteiger partial charge in [0.2, 0.25) is 0 Å². The van der Waals surface area contributed by atoms with Crippen LogP contribution in [-0.2, 0) is 9.47 Å². The Balaban J connectivity index is 2.20. The molecular formula is C13H26N2O4. The Morgan fingerprint density at radius 3 is 2.42 bits per heavy atom. The Morgan fingerprint density at radius 2 is 1.89 bits per heavy atom. The van der Waals surface area contributed by atoms with Gasteiger partial charge in [-0.25, -0.2) is 4.79 Å². The number of ether oxygens (including phenoxy) is 2. The van der Waals surface area contributed by atoms with Gasteiger partial charge in [0, 0.05) is 32.7 Å². The van der Waals surface area contributed by atoms with Gasteiger partial charge in [0.1, 0.15) is 0 Å². The molecule has 1 aliphatic heterocycles. The molecule has 0 saturated carbocycles. The largest absolute Gasteiger partial charge is 0.450 e. The van der Waals surface area contributed by atoms with E-state index in [-0.39, 0.29) is 12.2 Å². The van der Waals surface area contributed by atoms with Crippen LogP contribution in [0.2, 0.25) is 0 Å². The smallest absolute Gasteiger partial charge is 0.409 e. The number of carbonyl (C=O) groups excluding carboxylic acids is 1. The van der Waals surface area contributed by atoms with Crippen LogP contribution in [0.5, 0.6) is 0 Å². The summed E-state index contributed by atoms with van der Waals surface area (Å²) in [5, 5.41) is 9.84. The van der Waals surface area contributed by atoms with Crippen molar-refractivity contribution in [3.05, 3.63) is 0 Å². The molecule has 0 aliphatic carbocycles. The molecule has 6 heteroatoms. The van der Waals surface area contributed by atoms with Gasteiger partial charge in [0.05, 0.1) is 25.4 Å². The van der Waals surface area contributed by atoms with E-state index in [1.807, 2.05) is 13.8 Å². The fraction of sp³-hybridized carbons (Fsp3) is 0.923. The number of hydrogen-bond donors (Lipinski definition) is 1. The number of aliphatic hydroxyl groups is 1. The first-order chi connectivity index (χ1) is 9.02. The van der Waals surface area contributed by atoms with Crippen LogP contribution in [0.25, 0.3) is 0 Å². The number of hydrogen-bond acceptors (Lipinski definition) is 5. The van der Waals surface area contributed by atoms with Crippen LogP contribution in [0.1, 0.15) is 20.8 Å². The molecule has 112 valence electrons. The lowest BCUT2D eigenvalue weighted by molar-refractivity contribution is -0.0144. The van der Waals surface area contributed by atoms with Gasteiger partial charge in [0.25, 0.3) is 0 Å². The molecule has 1 aliphatic rings. The van der Waals surface area contributed by atoms with Crippen molar-refractivity contribution in [3.63, 3.8) is 0 Å². The van der Waals surface area contributed by atoms with Gasteiger partial charge >= 0.3 is 6.09 Å². The molecule has 1 saturated heterocycles. The fourth-order valence-corrected chi connectivity index (χ4v) is 1.98. The highest BCUT2D eigenvalue weighted by Gasteiger charge is 2.23. The quantitative estimate of drug-likeness (QED) is 0.766. The molecule has 6 nitrogen and oxygen atoms in total. The molecule has 1 unspecified atom stereocenters. The molecule has 1 N–H and O–H groups in total. The second-order valence-electron chi connectivity index (χ2n) is 5.02. The summed E-state index contributed by atoms with van der Waals surface area (Å²) in [5.41, 5.74) is 0. The minimum Gasteiger partial charge on any atom is -0.450 e. The predicted molar refractivity (Wildman–Crippen MR) is 72.1 cm³/mol. The first kappa shape index (κ1) is 16.2. The Hall–Kier alpha value is -0.850. The third-order valence-electron chi connectivity index (χ3n) is 2.99. The first-order valence-corrected chi connectivity index (χ1v) is 6.96. The first-order valence-electron chi connectivity index (χ1n) is 6.96. The summed E-state index contributed by atoms with van der Waals surface area (Å²) >= 11 is 0. The number of carbonyl (C=O) groups is 1. The monoisotopic (exact) mass is 274 g/mol. The lowest BCUT2D eigenvalue weighted by Crippen LogP contribution is -2.51. The highest BCUT2D eigenvalue weighted by atomic mass is 16.6. The molecule has 0 aromatic rings. The SMILES string of the molecule is CCOC(=O)N1CCN(CC(O)COC(C)C)CC1. The third kappa shape index (κ3) is 6.22. The number of β-amino-alcohol motifs (C(OH)–C–C–N with tert-alkyl or cyclic N) is 1. The fourth-order valence-electron chi connectivity index (χ4n) is 1.98. The Morgan fingerprint density at radius 1 is 1.26 bits per heavy atom. The van der Waals surface area contributed by atoms with E-state index >= 15 is 0 Å². The van der Waals surface area contributed by atoms with E-state index in [0.29, 0.717) is 32.8 Å². The van der Waals surface area contributed by atoms with E-state index in [9.17, 15) is 9.90 Å². The van der Waals surface area contributed by atoms with Crippen LogP contribution >= 0.6 is 0 Å². The summed E-state index contributed by atoms with van der Waals surface area (Å²) in [5.74, 6) is 0. The predicted octanol–water partition coefficient (Wildman–Crippen LogP) is 0.546. The van der Waals surface area contributed by atoms with E-state index in [1.54, 1.807) is 11.8 Å². The zero-order chi connectivity index (χ0) is 14.3. The highest BCUT2D eigenvalue weighted by molar-refractivity contribution is 5.67. The van der Waals surface area contributed by atoms with Crippen molar-refractivity contribution in [2.75, 3.05) is 45.9 Å². The van der Waals surface area contributed by atoms with Gasteiger partial charge in [-0.15, -0.1) is 0 Å². The van der Waals surface area contributed by atoms with Crippen LogP contribution < -0.4 is 0 Å². The van der Waals surface area contributed by atoms with E-state index < -0.39 is 6.10 Å². The summed E-state index contributed by atoms with van der Waals surface area (Å²) in [7, 11) is 0. The molecule has 0 radical (unpaired) electrons. The topological polar surface area (TPSA) is 62.2 Å². The van der Waals surface area contributed by atoms with Gasteiger partial charge in [-0.3, -0.25) is 4.90 Å². The average molecular weight is 274 g/mol. The lowest BCUT2D eigenvalue weighted by Gasteiger charge is -2.34. The second-order valence-corrected chi connectivity index (χ2v) is 5.02. The molecule has 0 aromatic heterocycles. The van der Waals surface area contributed by atoms with Crippen molar-refractivity contribution < 1.29 is 19.4 Å². The zero-order valence-corrected chi connectivity index (χ0v) is 12.2. The lowest BCUT2D eigenvalue weighted by atomic mass is 10.2. The van der Waals surface area contributed by atoms with Crippen molar-refractivity contribution in [1.82, 2.24) is 9.80 Å². The Kier molecular flexibility index (Phi) is 7.12. The van der Waals surface area contributed by atoms with E-state index in [2.05, 4.69) is 4.90 Å². The maximum absolute atomic E-state index is 11.5. The van der Waals surface area contributed by atoms with Crippen molar-refractivity contribution in [3.8, 4) is 0 Å². The second kappa shape index (κ2) is 8.35. The Labute approximate surface area is 115 Å². The van der Waals surface area contributed by atoms with Gasteiger partial charge in [-0.05, 0) is 20.8 Å². The average Bonchev–Trinajstić information content (AvgIpc) is 2.37. The van der Waals surface area contributed by atoms with E-state index in [0.717, 1.165) is 13.1 Å². The summed E-state index contributed by atoms with van der Waals surface area (Å²) in [4.78, 5) is 15.4. The molecule has 1 fully saturated rings. The van der Waals surface area contributed by atoms with Crippen LogP contribution in [0.4, 0.5) is 4.79 Å². The minimum atomic E-state index is -0.475. The number of piperazine rings is 1. The summed E-state index contributed by atoms with van der Waals surface area (Å²) in [6, 6.07) is 0. The molecule has 1 heterocycles. The van der Waals surface area contributed by atoms with Crippen molar-refractivity contribution in [1.29, 1.82) is 0 Å². The molecule has 1 atom stereocenters. The highest BCUT2D eigenvalue weighted by Crippen LogP contribution is 2.05. The molecule has 0 bridgehead atoms. The number of amides is 1. The Bertz CT molecular complexity index is 265. The third-order valence-corrected chi connectivity index (χ3v) is 2.99. The standard InChI is InChI=1S/C13H26N2O4/c1-4-18-13(17)15-7-5-14(6-8-15)9-12(16)10-19-11(2)3/h11-12,16H,4-10H2,1-3H3. The van der Waals surface area contributed by atoms with Gasteiger partial charge < -0.3 is 19.5 Å². The van der Waals surface area contributed by atoms with Gasteiger partial charge in [0.15, 0.2) is 0 Å². The zero-order valence-electron chi connectivity index (χ0n) is 12.2. The minimum absolute atomic E-state index is 0.135. The summed E-state index contributed by atoms with van der Waals surface area (Å²) < 4.78 is 10.3. The van der Waals surface area contributed by atoms with Crippen molar-refractivity contribution >= 4 is 6.09 Å². The van der Waals surface area contributed by atoms with Crippen LogP contribution in [0.3, 0.4) is 0 Å². The molecule has 19 heavy (non-hydrogen) atoms. The molecule has 1 rings (SSSR count). The van der Waals surface area contributed by atoms with Crippen LogP contribution in [0.15, 0.2) is 0 Å². The van der Waals surface area contributed by atoms with E-state index in [1.165, 1.54) is 0 Å². The molecule has 0 aromatic carbocycles. The molecule has 1 amide bonds. The van der Waals surface area contributed by atoms with Crippen LogP contribution in [0, 0.1) is 0 Å². The number of nitrogens with zero attached hydrogens (tertiary/aromatic N) is 2. The summed E-state index contributed by atoms with van der Waals surface area (Å²) in [6.45, 7) is 9.88. The van der Waals surface area contributed by atoms with Gasteiger partial charge in [-0.1, -0.05) is 0 Å².